The molecule has 3 nitrogen and oxygen atoms in total. The fraction of sp³-hybridized carbons (Fsp3) is 0.130. The van der Waals surface area contributed by atoms with Crippen molar-refractivity contribution in [3.63, 3.8) is 0 Å². The number of rotatable bonds is 3. The predicted octanol–water partition coefficient (Wildman–Crippen LogP) is 14.0. The molecule has 272 valence electrons. The van der Waals surface area contributed by atoms with Crippen LogP contribution in [0.3, 0.4) is 0 Å². The molecule has 57 heavy (non-hydrogen) atoms. The van der Waals surface area contributed by atoms with Crippen LogP contribution in [0.15, 0.2) is 168 Å². The number of nitrogens with one attached hydrogen (secondary N) is 1. The summed E-state index contributed by atoms with van der Waals surface area (Å²) in [5.74, 6) is 0. The summed E-state index contributed by atoms with van der Waals surface area (Å²) < 4.78 is 6.15. The Morgan fingerprint density at radius 1 is 0.526 bits per heavy atom. The summed E-state index contributed by atoms with van der Waals surface area (Å²) in [7, 11) is 0. The number of para-hydroxylation sites is 1. The number of aromatic nitrogens is 1. The summed E-state index contributed by atoms with van der Waals surface area (Å²) in [4.78, 5) is 5.82. The topological polar surface area (TPSA) is 38.1 Å². The summed E-state index contributed by atoms with van der Waals surface area (Å²) in [6.45, 7) is 9.51. The largest absolute Gasteiger partial charge is 0.456 e. The van der Waals surface area contributed by atoms with Gasteiger partial charge in [-0.15, -0.1) is 0 Å². The van der Waals surface area contributed by atoms with Gasteiger partial charge in [0.25, 0.3) is 0 Å². The van der Waals surface area contributed by atoms with Crippen molar-refractivity contribution in [2.75, 3.05) is 5.32 Å². The zero-order valence-electron chi connectivity index (χ0n) is 32.4. The van der Waals surface area contributed by atoms with E-state index in [9.17, 15) is 0 Å². The van der Waals surface area contributed by atoms with Crippen molar-refractivity contribution in [2.24, 2.45) is 0 Å². The van der Waals surface area contributed by atoms with Gasteiger partial charge in [-0.25, -0.2) is 4.98 Å². The van der Waals surface area contributed by atoms with Gasteiger partial charge in [0.1, 0.15) is 11.2 Å². The lowest BCUT2D eigenvalue weighted by molar-refractivity contribution is 0.592. The summed E-state index contributed by atoms with van der Waals surface area (Å²) in [5, 5.41) is 7.63. The van der Waals surface area contributed by atoms with Gasteiger partial charge in [0.05, 0.1) is 22.9 Å². The van der Waals surface area contributed by atoms with Crippen LogP contribution < -0.4 is 5.32 Å². The molecule has 0 saturated heterocycles. The maximum atomic E-state index is 6.15. The van der Waals surface area contributed by atoms with Crippen LogP contribution in [0.5, 0.6) is 0 Å². The highest BCUT2D eigenvalue weighted by Crippen LogP contribution is 2.60. The van der Waals surface area contributed by atoms with E-state index in [4.69, 9.17) is 9.40 Å². The zero-order valence-corrected chi connectivity index (χ0v) is 32.4. The SMILES string of the molecule is CC1(C)C2=C(c3ccccc31)c1ccc3c4c(c(-c5ccc(-c6ccc7oc8ccccc8c7c6)cc5)nc3c1NC2c1ccccc1)C(C)(C)c1ccccc1-4. The van der Waals surface area contributed by atoms with Gasteiger partial charge in [0, 0.05) is 38.1 Å². The third-order valence-electron chi connectivity index (χ3n) is 13.3. The third kappa shape index (κ3) is 4.40. The molecule has 0 saturated carbocycles. The smallest absolute Gasteiger partial charge is 0.135 e. The van der Waals surface area contributed by atoms with Crippen LogP contribution in [-0.4, -0.2) is 4.98 Å². The molecule has 7 aromatic carbocycles. The summed E-state index contributed by atoms with van der Waals surface area (Å²) in [5.41, 5.74) is 21.2. The minimum absolute atomic E-state index is 0.00657. The van der Waals surface area contributed by atoms with E-state index in [1.165, 1.54) is 66.6 Å². The lowest BCUT2D eigenvalue weighted by Crippen LogP contribution is -2.28. The summed E-state index contributed by atoms with van der Waals surface area (Å²) in [6, 6.07) is 57.5. The fourth-order valence-corrected chi connectivity index (χ4v) is 10.6. The van der Waals surface area contributed by atoms with Crippen molar-refractivity contribution in [1.29, 1.82) is 0 Å². The van der Waals surface area contributed by atoms with Gasteiger partial charge in [0.15, 0.2) is 0 Å². The minimum atomic E-state index is -0.242. The van der Waals surface area contributed by atoms with Crippen LogP contribution in [0.2, 0.25) is 0 Å². The Bertz CT molecular complexity index is 3200. The minimum Gasteiger partial charge on any atom is -0.456 e. The number of nitrogens with zero attached hydrogens (tertiary/aromatic N) is 1. The first kappa shape index (κ1) is 32.5. The average Bonchev–Trinajstić information content (AvgIpc) is 3.83. The number of fused-ring (bicyclic) bond motifs is 13. The van der Waals surface area contributed by atoms with E-state index >= 15 is 0 Å². The molecule has 1 unspecified atom stereocenters. The zero-order chi connectivity index (χ0) is 38.2. The molecule has 1 aliphatic heterocycles. The molecular formula is C54H40N2O. The molecule has 2 aromatic heterocycles. The summed E-state index contributed by atoms with van der Waals surface area (Å²) in [6.07, 6.45) is 0. The molecule has 3 heteroatoms. The first-order valence-corrected chi connectivity index (χ1v) is 20.1. The Morgan fingerprint density at radius 3 is 1.98 bits per heavy atom. The van der Waals surface area contributed by atoms with E-state index in [-0.39, 0.29) is 16.9 Å². The Labute approximate surface area is 332 Å². The second-order valence-electron chi connectivity index (χ2n) is 17.1. The number of furan rings is 1. The third-order valence-corrected chi connectivity index (χ3v) is 13.3. The van der Waals surface area contributed by atoms with Crippen LogP contribution in [-0.2, 0) is 10.8 Å². The first-order chi connectivity index (χ1) is 27.8. The highest BCUT2D eigenvalue weighted by molar-refractivity contribution is 6.12. The highest BCUT2D eigenvalue weighted by atomic mass is 16.3. The Hall–Kier alpha value is -6.71. The number of anilines is 1. The van der Waals surface area contributed by atoms with E-state index in [2.05, 4.69) is 179 Å². The Morgan fingerprint density at radius 2 is 1.18 bits per heavy atom. The van der Waals surface area contributed by atoms with Gasteiger partial charge in [0.2, 0.25) is 0 Å². The van der Waals surface area contributed by atoms with Crippen molar-refractivity contribution in [2.45, 2.75) is 44.6 Å². The second kappa shape index (κ2) is 11.4. The van der Waals surface area contributed by atoms with Crippen molar-refractivity contribution in [3.8, 4) is 33.5 Å². The molecule has 9 aromatic rings. The van der Waals surface area contributed by atoms with E-state index in [1.807, 2.05) is 12.1 Å². The molecule has 1 atom stereocenters. The quantitative estimate of drug-likeness (QED) is 0.197. The lowest BCUT2D eigenvalue weighted by Gasteiger charge is -2.37. The molecule has 0 fully saturated rings. The molecule has 12 rings (SSSR count). The predicted molar refractivity (Wildman–Crippen MR) is 236 cm³/mol. The van der Waals surface area contributed by atoms with Crippen molar-refractivity contribution in [3.05, 3.63) is 197 Å². The van der Waals surface area contributed by atoms with Gasteiger partial charge in [-0.3, -0.25) is 0 Å². The molecule has 0 spiro atoms. The van der Waals surface area contributed by atoms with Crippen LogP contribution >= 0.6 is 0 Å². The molecule has 3 aliphatic rings. The average molecular weight is 733 g/mol. The first-order valence-electron chi connectivity index (χ1n) is 20.1. The standard InChI is InChI=1S/C54H40N2O/c1-53(2)41-19-11-8-17-36(41)45-38-27-28-39-46-37-18-9-12-20-42(37)54(3,4)48(46)50(56-52(39)51(38)55-49(47(45)53)32-14-6-5-7-15-32)33-24-22-31(23-25-33)34-26-29-44-40(30-34)35-16-10-13-21-43(35)57-44/h5-30,49,55H,1-4H3. The van der Waals surface area contributed by atoms with Crippen LogP contribution in [0.1, 0.15) is 67.1 Å². The van der Waals surface area contributed by atoms with E-state index in [0.717, 1.165) is 50.0 Å². The monoisotopic (exact) mass is 732 g/mol. The molecular weight excluding hydrogens is 693 g/mol. The van der Waals surface area contributed by atoms with Gasteiger partial charge in [-0.1, -0.05) is 167 Å². The molecule has 0 amide bonds. The maximum Gasteiger partial charge on any atom is 0.135 e. The van der Waals surface area contributed by atoms with Gasteiger partial charge in [-0.2, -0.15) is 0 Å². The van der Waals surface area contributed by atoms with Crippen molar-refractivity contribution >= 4 is 44.1 Å². The second-order valence-corrected chi connectivity index (χ2v) is 17.1. The van der Waals surface area contributed by atoms with Gasteiger partial charge < -0.3 is 9.73 Å². The van der Waals surface area contributed by atoms with E-state index in [0.29, 0.717) is 0 Å². The van der Waals surface area contributed by atoms with E-state index in [1.54, 1.807) is 0 Å². The van der Waals surface area contributed by atoms with Gasteiger partial charge in [-0.05, 0) is 79.4 Å². The molecule has 1 N–H and O–H groups in total. The Balaban J connectivity index is 1.10. The number of pyridine rings is 1. The van der Waals surface area contributed by atoms with Gasteiger partial charge >= 0.3 is 0 Å². The maximum absolute atomic E-state index is 6.15. The Kier molecular flexibility index (Phi) is 6.52. The lowest BCUT2D eigenvalue weighted by atomic mass is 9.74. The number of hydrogen-bond donors (Lipinski definition) is 1. The number of hydrogen-bond acceptors (Lipinski definition) is 3. The van der Waals surface area contributed by atoms with Crippen molar-refractivity contribution in [1.82, 2.24) is 4.98 Å². The molecule has 3 heterocycles. The molecule has 2 aliphatic carbocycles. The van der Waals surface area contributed by atoms with E-state index < -0.39 is 0 Å². The van der Waals surface area contributed by atoms with Crippen LogP contribution in [0.25, 0.3) is 71.9 Å². The summed E-state index contributed by atoms with van der Waals surface area (Å²) >= 11 is 0. The number of benzene rings is 7. The highest BCUT2D eigenvalue weighted by Gasteiger charge is 2.46. The molecule has 0 radical (unpaired) electrons. The molecule has 0 bridgehead atoms. The van der Waals surface area contributed by atoms with Crippen LogP contribution in [0.4, 0.5) is 5.69 Å². The van der Waals surface area contributed by atoms with Crippen LogP contribution in [0, 0.1) is 0 Å². The normalized spacial score (nSPS) is 16.9. The fourth-order valence-electron chi connectivity index (χ4n) is 10.6. The van der Waals surface area contributed by atoms with Crippen molar-refractivity contribution < 1.29 is 4.42 Å².